The van der Waals surface area contributed by atoms with Crippen LogP contribution in [0.4, 0.5) is 0 Å². The van der Waals surface area contributed by atoms with Gasteiger partial charge in [0.1, 0.15) is 0 Å². The lowest BCUT2D eigenvalue weighted by Crippen LogP contribution is -2.63. The minimum absolute atomic E-state index is 0.0325. The van der Waals surface area contributed by atoms with Gasteiger partial charge in [-0.15, -0.1) is 0 Å². The van der Waals surface area contributed by atoms with Crippen LogP contribution in [-0.2, 0) is 10.4 Å². The number of likely N-dealkylation sites (tertiary alicyclic amines) is 1. The van der Waals surface area contributed by atoms with Crippen molar-refractivity contribution in [2.45, 2.75) is 50.3 Å². The highest BCUT2D eigenvalue weighted by Gasteiger charge is 2.40. The van der Waals surface area contributed by atoms with Crippen LogP contribution in [0.1, 0.15) is 47.2 Å². The molecule has 2 aromatic carbocycles. The molecule has 0 unspecified atom stereocenters. The van der Waals surface area contributed by atoms with Gasteiger partial charge in [-0.2, -0.15) is 0 Å². The number of aliphatic hydroxyl groups is 1. The number of nitrogens with one attached hydrogen (secondary N) is 2. The van der Waals surface area contributed by atoms with E-state index in [1.54, 1.807) is 12.1 Å². The van der Waals surface area contributed by atoms with Crippen LogP contribution in [0.15, 0.2) is 42.5 Å². The van der Waals surface area contributed by atoms with Crippen molar-refractivity contribution in [3.63, 3.8) is 0 Å². The van der Waals surface area contributed by atoms with E-state index in [0.29, 0.717) is 30.2 Å². The summed E-state index contributed by atoms with van der Waals surface area (Å²) < 4.78 is 10.8. The third-order valence-electron chi connectivity index (χ3n) is 7.17. The van der Waals surface area contributed by atoms with Gasteiger partial charge in [-0.25, -0.2) is 0 Å². The first-order valence-corrected chi connectivity index (χ1v) is 11.9. The SMILES string of the molecule is Cc1cccc(C(=O)NCC(=O)NC2CN([C@H]3CC[C@@](O)(c4ccc5c(c4)OCO5)CC3)C2)c1. The molecular weight excluding hydrogens is 434 g/mol. The van der Waals surface area contributed by atoms with Crippen LogP contribution in [0.2, 0.25) is 0 Å². The van der Waals surface area contributed by atoms with Gasteiger partial charge < -0.3 is 25.2 Å². The molecule has 0 bridgehead atoms. The van der Waals surface area contributed by atoms with Crippen molar-refractivity contribution in [1.29, 1.82) is 0 Å². The molecule has 8 nitrogen and oxygen atoms in total. The normalized spacial score (nSPS) is 24.4. The summed E-state index contributed by atoms with van der Waals surface area (Å²) in [5.74, 6) is 1.01. The van der Waals surface area contributed by atoms with Crippen molar-refractivity contribution in [2.24, 2.45) is 0 Å². The molecular formula is C26H31N3O5. The third-order valence-corrected chi connectivity index (χ3v) is 7.17. The Morgan fingerprint density at radius 2 is 1.85 bits per heavy atom. The Kier molecular flexibility index (Phi) is 6.18. The summed E-state index contributed by atoms with van der Waals surface area (Å²) in [5, 5.41) is 16.9. The van der Waals surface area contributed by atoms with Crippen LogP contribution in [0.3, 0.4) is 0 Å². The van der Waals surface area contributed by atoms with Crippen LogP contribution in [0, 0.1) is 6.92 Å². The van der Waals surface area contributed by atoms with Gasteiger partial charge in [0.05, 0.1) is 18.2 Å². The number of carbonyl (C=O) groups is 2. The van der Waals surface area contributed by atoms with Gasteiger partial charge >= 0.3 is 0 Å². The van der Waals surface area contributed by atoms with Crippen LogP contribution >= 0.6 is 0 Å². The lowest BCUT2D eigenvalue weighted by atomic mass is 9.76. The molecule has 0 radical (unpaired) electrons. The maximum absolute atomic E-state index is 12.3. The standard InChI is InChI=1S/C26H31N3O5/c1-17-3-2-4-18(11-17)25(31)27-13-24(30)28-20-14-29(15-20)21-7-9-26(32,10-8-21)19-5-6-22-23(12-19)34-16-33-22/h2-6,11-12,20-21,32H,7-10,13-16H2,1H3,(H,27,31)(H,28,30)/t21-,26-. The predicted octanol–water partition coefficient (Wildman–Crippen LogP) is 2.08. The van der Waals surface area contributed by atoms with E-state index in [0.717, 1.165) is 42.8 Å². The Morgan fingerprint density at radius 1 is 1.09 bits per heavy atom. The van der Waals surface area contributed by atoms with E-state index in [-0.39, 0.29) is 31.2 Å². The summed E-state index contributed by atoms with van der Waals surface area (Å²) >= 11 is 0. The van der Waals surface area contributed by atoms with Gasteiger partial charge in [0.25, 0.3) is 5.91 Å². The fourth-order valence-corrected chi connectivity index (χ4v) is 5.15. The molecule has 2 amide bonds. The Bertz CT molecular complexity index is 1070. The minimum atomic E-state index is -0.842. The molecule has 34 heavy (non-hydrogen) atoms. The average Bonchev–Trinajstić information content (AvgIpc) is 3.28. The zero-order valence-electron chi connectivity index (χ0n) is 19.4. The maximum Gasteiger partial charge on any atom is 0.251 e. The van der Waals surface area contributed by atoms with Crippen molar-refractivity contribution < 1.29 is 24.2 Å². The number of hydrogen-bond acceptors (Lipinski definition) is 6. The Hall–Kier alpha value is -3.10. The molecule has 2 heterocycles. The van der Waals surface area contributed by atoms with Crippen LogP contribution in [-0.4, -0.2) is 60.3 Å². The van der Waals surface area contributed by atoms with Crippen molar-refractivity contribution in [2.75, 3.05) is 26.4 Å². The van der Waals surface area contributed by atoms with Crippen LogP contribution in [0.25, 0.3) is 0 Å². The summed E-state index contributed by atoms with van der Waals surface area (Å²) in [4.78, 5) is 26.8. The number of hydrogen-bond donors (Lipinski definition) is 3. The third kappa shape index (κ3) is 4.74. The van der Waals surface area contributed by atoms with Crippen molar-refractivity contribution >= 4 is 11.8 Å². The van der Waals surface area contributed by atoms with E-state index in [4.69, 9.17) is 9.47 Å². The zero-order valence-corrected chi connectivity index (χ0v) is 19.4. The van der Waals surface area contributed by atoms with E-state index >= 15 is 0 Å². The lowest BCUT2D eigenvalue weighted by Gasteiger charge is -2.48. The van der Waals surface area contributed by atoms with Crippen LogP contribution in [0.5, 0.6) is 11.5 Å². The lowest BCUT2D eigenvalue weighted by molar-refractivity contribution is -0.122. The summed E-state index contributed by atoms with van der Waals surface area (Å²) in [6.07, 6.45) is 3.18. The first kappa shape index (κ1) is 22.7. The quantitative estimate of drug-likeness (QED) is 0.604. The zero-order chi connectivity index (χ0) is 23.7. The second-order valence-electron chi connectivity index (χ2n) is 9.60. The molecule has 180 valence electrons. The number of aryl methyl sites for hydroxylation is 1. The molecule has 1 aliphatic carbocycles. The number of benzene rings is 2. The van der Waals surface area contributed by atoms with Crippen LogP contribution < -0.4 is 20.1 Å². The Labute approximate surface area is 199 Å². The highest BCUT2D eigenvalue weighted by molar-refractivity contribution is 5.96. The molecule has 3 aliphatic rings. The van der Waals surface area contributed by atoms with E-state index < -0.39 is 5.60 Å². The number of amides is 2. The Morgan fingerprint density at radius 3 is 2.62 bits per heavy atom. The summed E-state index contributed by atoms with van der Waals surface area (Å²) in [7, 11) is 0. The number of nitrogens with zero attached hydrogens (tertiary/aromatic N) is 1. The largest absolute Gasteiger partial charge is 0.454 e. The monoisotopic (exact) mass is 465 g/mol. The van der Waals surface area contributed by atoms with Gasteiger partial charge in [-0.05, 0) is 62.4 Å². The molecule has 0 aromatic heterocycles. The van der Waals surface area contributed by atoms with Crippen molar-refractivity contribution in [1.82, 2.24) is 15.5 Å². The molecule has 2 aromatic rings. The molecule has 3 N–H and O–H groups in total. The highest BCUT2D eigenvalue weighted by Crippen LogP contribution is 2.43. The highest BCUT2D eigenvalue weighted by atomic mass is 16.7. The number of fused-ring (bicyclic) bond motifs is 1. The first-order valence-electron chi connectivity index (χ1n) is 11.9. The molecule has 1 saturated carbocycles. The van der Waals surface area contributed by atoms with Crippen molar-refractivity contribution in [3.05, 3.63) is 59.2 Å². The van der Waals surface area contributed by atoms with Crippen molar-refractivity contribution in [3.8, 4) is 11.5 Å². The smallest absolute Gasteiger partial charge is 0.251 e. The summed E-state index contributed by atoms with van der Waals surface area (Å²) in [6, 6.07) is 13.5. The average molecular weight is 466 g/mol. The maximum atomic E-state index is 12.3. The number of rotatable bonds is 6. The summed E-state index contributed by atoms with van der Waals surface area (Å²) in [5.41, 5.74) is 1.60. The van der Waals surface area contributed by atoms with Gasteiger partial charge in [-0.3, -0.25) is 14.5 Å². The molecule has 5 rings (SSSR count). The Balaban J connectivity index is 1.04. The second-order valence-corrected chi connectivity index (χ2v) is 9.60. The van der Waals surface area contributed by atoms with Gasteiger partial charge in [-0.1, -0.05) is 23.8 Å². The number of carbonyl (C=O) groups excluding carboxylic acids is 2. The molecule has 2 fully saturated rings. The van der Waals surface area contributed by atoms with Gasteiger partial charge in [0, 0.05) is 24.7 Å². The molecule has 1 saturated heterocycles. The van der Waals surface area contributed by atoms with E-state index in [2.05, 4.69) is 15.5 Å². The molecule has 0 atom stereocenters. The molecule has 2 aliphatic heterocycles. The van der Waals surface area contributed by atoms with E-state index in [1.807, 2.05) is 37.3 Å². The van der Waals surface area contributed by atoms with Gasteiger partial charge in [0.2, 0.25) is 12.7 Å². The fraction of sp³-hybridized carbons (Fsp3) is 0.462. The second kappa shape index (κ2) is 9.27. The first-order chi connectivity index (χ1) is 16.4. The van der Waals surface area contributed by atoms with Gasteiger partial charge in [0.15, 0.2) is 11.5 Å². The number of ether oxygens (including phenoxy) is 2. The van der Waals surface area contributed by atoms with E-state index in [1.165, 1.54) is 0 Å². The molecule has 0 spiro atoms. The fourth-order valence-electron chi connectivity index (χ4n) is 5.15. The molecule has 8 heteroatoms. The van der Waals surface area contributed by atoms with E-state index in [9.17, 15) is 14.7 Å². The predicted molar refractivity (Wildman–Crippen MR) is 126 cm³/mol. The topological polar surface area (TPSA) is 100 Å². The summed E-state index contributed by atoms with van der Waals surface area (Å²) in [6.45, 7) is 3.71. The minimum Gasteiger partial charge on any atom is -0.454 e.